The summed E-state index contributed by atoms with van der Waals surface area (Å²) >= 11 is 0. The Kier molecular flexibility index (Phi) is 7.31. The highest BCUT2D eigenvalue weighted by Gasteiger charge is 2.38. The Labute approximate surface area is 109 Å². The summed E-state index contributed by atoms with van der Waals surface area (Å²) in [5.41, 5.74) is 0. The van der Waals surface area contributed by atoms with Crippen LogP contribution in [0.3, 0.4) is 0 Å². The van der Waals surface area contributed by atoms with Gasteiger partial charge in [-0.25, -0.2) is 0 Å². The highest BCUT2D eigenvalue weighted by atomic mass is 35.5. The van der Waals surface area contributed by atoms with Crippen LogP contribution in [-0.2, 0) is 9.53 Å². The van der Waals surface area contributed by atoms with Gasteiger partial charge >= 0.3 is 5.97 Å². The van der Waals surface area contributed by atoms with Crippen molar-refractivity contribution in [3.05, 3.63) is 0 Å². The maximum absolute atomic E-state index is 11.2. The quantitative estimate of drug-likeness (QED) is 0.750. The zero-order chi connectivity index (χ0) is 9.97. The van der Waals surface area contributed by atoms with Crippen molar-refractivity contribution in [3.8, 4) is 0 Å². The van der Waals surface area contributed by atoms with Crippen LogP contribution in [0.15, 0.2) is 0 Å². The number of carbonyl (C=O) groups is 1. The van der Waals surface area contributed by atoms with Crippen molar-refractivity contribution in [2.45, 2.75) is 18.9 Å². The molecule has 1 heterocycles. The Bertz CT molecular complexity index is 217. The van der Waals surface area contributed by atoms with Crippen molar-refractivity contribution in [3.63, 3.8) is 0 Å². The van der Waals surface area contributed by atoms with Crippen LogP contribution in [-0.4, -0.2) is 50.2 Å². The number of carbonyl (C=O) groups excluding carboxylic acids is 1. The molecule has 1 saturated carbocycles. The molecule has 0 unspecified atom stereocenters. The van der Waals surface area contributed by atoms with Gasteiger partial charge < -0.3 is 10.1 Å². The van der Waals surface area contributed by atoms with E-state index in [1.165, 1.54) is 7.11 Å². The first-order valence-corrected chi connectivity index (χ1v) is 5.34. The van der Waals surface area contributed by atoms with Gasteiger partial charge in [0.1, 0.15) is 0 Å². The van der Waals surface area contributed by atoms with Crippen LogP contribution in [0, 0.1) is 5.92 Å². The highest BCUT2D eigenvalue weighted by Crippen LogP contribution is 2.32. The van der Waals surface area contributed by atoms with Gasteiger partial charge in [-0.15, -0.1) is 24.8 Å². The molecule has 0 aromatic heterocycles. The molecule has 4 nitrogen and oxygen atoms in total. The van der Waals surface area contributed by atoms with E-state index in [-0.39, 0.29) is 36.7 Å². The van der Waals surface area contributed by atoms with E-state index >= 15 is 0 Å². The Morgan fingerprint density at radius 3 is 2.31 bits per heavy atom. The number of halogens is 2. The van der Waals surface area contributed by atoms with Gasteiger partial charge in [-0.05, 0) is 12.8 Å². The molecule has 0 radical (unpaired) electrons. The van der Waals surface area contributed by atoms with Crippen LogP contribution < -0.4 is 5.32 Å². The van der Waals surface area contributed by atoms with Gasteiger partial charge in [0.2, 0.25) is 0 Å². The summed E-state index contributed by atoms with van der Waals surface area (Å²) in [5.74, 6) is 0.135. The molecule has 1 saturated heterocycles. The molecule has 0 spiro atoms. The van der Waals surface area contributed by atoms with E-state index in [4.69, 9.17) is 4.74 Å². The fourth-order valence-corrected chi connectivity index (χ4v) is 2.29. The fourth-order valence-electron chi connectivity index (χ4n) is 2.29. The molecule has 96 valence electrons. The lowest BCUT2D eigenvalue weighted by Crippen LogP contribution is -2.54. The Morgan fingerprint density at radius 1 is 1.25 bits per heavy atom. The molecule has 6 heteroatoms. The number of rotatable bonds is 2. The Morgan fingerprint density at radius 2 is 1.81 bits per heavy atom. The smallest absolute Gasteiger partial charge is 0.308 e. The predicted molar refractivity (Wildman–Crippen MR) is 67.5 cm³/mol. The number of piperazine rings is 1. The monoisotopic (exact) mass is 270 g/mol. The first-order valence-electron chi connectivity index (χ1n) is 5.34. The highest BCUT2D eigenvalue weighted by molar-refractivity contribution is 5.85. The third kappa shape index (κ3) is 3.48. The maximum Gasteiger partial charge on any atom is 0.308 e. The summed E-state index contributed by atoms with van der Waals surface area (Å²) in [7, 11) is 1.47. The van der Waals surface area contributed by atoms with Gasteiger partial charge in [-0.2, -0.15) is 0 Å². The minimum Gasteiger partial charge on any atom is -0.469 e. The van der Waals surface area contributed by atoms with Gasteiger partial charge in [0.25, 0.3) is 0 Å². The Balaban J connectivity index is 0.00000112. The van der Waals surface area contributed by atoms with Crippen molar-refractivity contribution in [2.24, 2.45) is 5.92 Å². The van der Waals surface area contributed by atoms with E-state index in [1.54, 1.807) is 0 Å². The maximum atomic E-state index is 11.2. The van der Waals surface area contributed by atoms with Gasteiger partial charge in [0.15, 0.2) is 0 Å². The summed E-state index contributed by atoms with van der Waals surface area (Å²) < 4.78 is 4.72. The topological polar surface area (TPSA) is 41.6 Å². The largest absolute Gasteiger partial charge is 0.469 e. The SMILES string of the molecule is COC(=O)C1CC(N2CCNCC2)C1.Cl.Cl. The van der Waals surface area contributed by atoms with Crippen LogP contribution in [0.4, 0.5) is 0 Å². The van der Waals surface area contributed by atoms with Crippen molar-refractivity contribution in [2.75, 3.05) is 33.3 Å². The lowest BCUT2D eigenvalue weighted by Gasteiger charge is -2.43. The fraction of sp³-hybridized carbons (Fsp3) is 0.900. The van der Waals surface area contributed by atoms with Gasteiger partial charge in [-0.1, -0.05) is 0 Å². The second-order valence-electron chi connectivity index (χ2n) is 4.13. The van der Waals surface area contributed by atoms with E-state index in [1.807, 2.05) is 0 Å². The molecule has 16 heavy (non-hydrogen) atoms. The summed E-state index contributed by atoms with van der Waals surface area (Å²) in [6, 6.07) is 0.626. The molecule has 2 fully saturated rings. The average molecular weight is 271 g/mol. The van der Waals surface area contributed by atoms with Gasteiger partial charge in [0, 0.05) is 32.2 Å². The third-order valence-corrected chi connectivity index (χ3v) is 3.32. The minimum atomic E-state index is -0.0311. The Hall–Kier alpha value is -0.0300. The number of methoxy groups -OCH3 is 1. The van der Waals surface area contributed by atoms with Crippen LogP contribution in [0.25, 0.3) is 0 Å². The normalized spacial score (nSPS) is 29.3. The molecular formula is C10H20Cl2N2O2. The van der Waals surface area contributed by atoms with Crippen molar-refractivity contribution in [1.82, 2.24) is 10.2 Å². The average Bonchev–Trinajstić information content (AvgIpc) is 2.17. The molecule has 0 aromatic rings. The van der Waals surface area contributed by atoms with E-state index in [2.05, 4.69) is 10.2 Å². The second kappa shape index (κ2) is 7.33. The van der Waals surface area contributed by atoms with Crippen LogP contribution >= 0.6 is 24.8 Å². The summed E-state index contributed by atoms with van der Waals surface area (Å²) in [4.78, 5) is 13.7. The summed E-state index contributed by atoms with van der Waals surface area (Å²) in [5, 5.41) is 3.33. The molecule has 2 aliphatic rings. The van der Waals surface area contributed by atoms with E-state index in [9.17, 15) is 4.79 Å². The van der Waals surface area contributed by atoms with Crippen molar-refractivity contribution >= 4 is 30.8 Å². The van der Waals surface area contributed by atoms with E-state index in [0.29, 0.717) is 6.04 Å². The number of esters is 1. The van der Waals surface area contributed by atoms with Gasteiger partial charge in [-0.3, -0.25) is 9.69 Å². The van der Waals surface area contributed by atoms with E-state index in [0.717, 1.165) is 39.0 Å². The predicted octanol–water partition coefficient (Wildman–Crippen LogP) is 0.687. The number of hydrogen-bond acceptors (Lipinski definition) is 4. The lowest BCUT2D eigenvalue weighted by molar-refractivity contribution is -0.150. The molecule has 0 amide bonds. The first-order chi connectivity index (χ1) is 6.81. The molecule has 1 aliphatic carbocycles. The molecule has 0 atom stereocenters. The van der Waals surface area contributed by atoms with Crippen molar-refractivity contribution < 1.29 is 9.53 Å². The van der Waals surface area contributed by atoms with Crippen molar-refractivity contribution in [1.29, 1.82) is 0 Å². The number of nitrogens with one attached hydrogen (secondary N) is 1. The molecule has 2 rings (SSSR count). The standard InChI is InChI=1S/C10H18N2O2.2ClH/c1-14-10(13)8-6-9(7-8)12-4-2-11-3-5-12;;/h8-9,11H,2-7H2,1H3;2*1H. The number of hydrogen-bond donors (Lipinski definition) is 1. The molecule has 1 N–H and O–H groups in total. The number of ether oxygens (including phenoxy) is 1. The molecular weight excluding hydrogens is 251 g/mol. The molecule has 0 bridgehead atoms. The summed E-state index contributed by atoms with van der Waals surface area (Å²) in [6.45, 7) is 4.41. The third-order valence-electron chi connectivity index (χ3n) is 3.32. The van der Waals surface area contributed by atoms with Crippen LogP contribution in [0.2, 0.25) is 0 Å². The van der Waals surface area contributed by atoms with Gasteiger partial charge in [0.05, 0.1) is 13.0 Å². The van der Waals surface area contributed by atoms with E-state index < -0.39 is 0 Å². The zero-order valence-corrected chi connectivity index (χ0v) is 11.1. The first kappa shape index (κ1) is 16.0. The molecule has 1 aliphatic heterocycles. The zero-order valence-electron chi connectivity index (χ0n) is 9.48. The van der Waals surface area contributed by atoms with Crippen LogP contribution in [0.1, 0.15) is 12.8 Å². The second-order valence-corrected chi connectivity index (χ2v) is 4.13. The number of nitrogens with zero attached hydrogens (tertiary/aromatic N) is 1. The molecule has 0 aromatic carbocycles. The summed E-state index contributed by atoms with van der Waals surface area (Å²) in [6.07, 6.45) is 1.99. The minimum absolute atomic E-state index is 0. The lowest BCUT2D eigenvalue weighted by atomic mass is 9.79. The van der Waals surface area contributed by atoms with Crippen LogP contribution in [0.5, 0.6) is 0 Å².